The van der Waals surface area contributed by atoms with E-state index in [1.54, 1.807) is 12.1 Å². The van der Waals surface area contributed by atoms with E-state index >= 15 is 0 Å². The summed E-state index contributed by atoms with van der Waals surface area (Å²) in [5, 5.41) is 3.48. The van der Waals surface area contributed by atoms with Gasteiger partial charge in [0, 0.05) is 30.6 Å². The zero-order valence-corrected chi connectivity index (χ0v) is 16.7. The SMILES string of the molecule is CC1CCCN(C(C)(C)CNC(=O)c2cc(Cl)c3c(c2)OCCCO3)C1. The van der Waals surface area contributed by atoms with Gasteiger partial charge in [0.15, 0.2) is 11.5 Å². The standard InChI is InChI=1S/C20H29ClN2O3/c1-14-6-4-7-23(12-14)20(2,3)13-22-19(24)15-10-16(21)18-17(11-15)25-8-5-9-26-18/h10-11,14H,4-9,12-13H2,1-3H3,(H,22,24). The second-order valence-electron chi connectivity index (χ2n) is 8.02. The molecule has 0 saturated carbocycles. The summed E-state index contributed by atoms with van der Waals surface area (Å²) in [7, 11) is 0. The molecular formula is C20H29ClN2O3. The van der Waals surface area contributed by atoms with Crippen LogP contribution < -0.4 is 14.8 Å². The normalized spacial score (nSPS) is 21.2. The predicted molar refractivity (Wildman–Crippen MR) is 103 cm³/mol. The molecule has 144 valence electrons. The van der Waals surface area contributed by atoms with Crippen LogP contribution in [0.4, 0.5) is 0 Å². The Morgan fingerprint density at radius 3 is 2.85 bits per heavy atom. The van der Waals surface area contributed by atoms with Gasteiger partial charge in [0.05, 0.1) is 18.2 Å². The van der Waals surface area contributed by atoms with Gasteiger partial charge in [-0.2, -0.15) is 0 Å². The van der Waals surface area contributed by atoms with Crippen LogP contribution in [0.15, 0.2) is 12.1 Å². The first kappa shape index (κ1) is 19.3. The van der Waals surface area contributed by atoms with Crippen LogP contribution in [0.3, 0.4) is 0 Å². The number of fused-ring (bicyclic) bond motifs is 1. The Balaban J connectivity index is 1.66. The minimum atomic E-state index is -0.138. The molecule has 0 aliphatic carbocycles. The van der Waals surface area contributed by atoms with Crippen LogP contribution in [0.2, 0.25) is 5.02 Å². The highest BCUT2D eigenvalue weighted by atomic mass is 35.5. The van der Waals surface area contributed by atoms with E-state index in [1.807, 2.05) is 0 Å². The van der Waals surface area contributed by atoms with Gasteiger partial charge in [-0.15, -0.1) is 0 Å². The lowest BCUT2D eigenvalue weighted by atomic mass is 9.93. The second kappa shape index (κ2) is 8.05. The third-order valence-corrected chi connectivity index (χ3v) is 5.54. The summed E-state index contributed by atoms with van der Waals surface area (Å²) in [6.45, 7) is 10.6. The van der Waals surface area contributed by atoms with Crippen LogP contribution in [0.1, 0.15) is 50.4 Å². The van der Waals surface area contributed by atoms with Crippen molar-refractivity contribution in [1.29, 1.82) is 0 Å². The Labute approximate surface area is 161 Å². The zero-order valence-electron chi connectivity index (χ0n) is 15.9. The molecule has 26 heavy (non-hydrogen) atoms. The zero-order chi connectivity index (χ0) is 18.7. The molecule has 2 aliphatic heterocycles. The predicted octanol–water partition coefficient (Wildman–Crippen LogP) is 3.74. The number of hydrogen-bond donors (Lipinski definition) is 1. The molecule has 1 amide bonds. The molecule has 2 aliphatic rings. The maximum absolute atomic E-state index is 12.7. The van der Waals surface area contributed by atoms with E-state index in [0.717, 1.165) is 19.5 Å². The highest BCUT2D eigenvalue weighted by Crippen LogP contribution is 2.38. The van der Waals surface area contributed by atoms with Crippen LogP contribution >= 0.6 is 11.6 Å². The molecule has 0 aromatic heterocycles. The molecule has 1 unspecified atom stereocenters. The number of amides is 1. The first-order chi connectivity index (χ1) is 12.4. The maximum atomic E-state index is 12.7. The molecule has 1 aromatic rings. The number of nitrogens with one attached hydrogen (secondary N) is 1. The second-order valence-corrected chi connectivity index (χ2v) is 8.43. The number of rotatable bonds is 4. The van der Waals surface area contributed by atoms with Crippen molar-refractivity contribution in [3.05, 3.63) is 22.7 Å². The quantitative estimate of drug-likeness (QED) is 0.864. The average molecular weight is 381 g/mol. The highest BCUT2D eigenvalue weighted by Gasteiger charge is 2.30. The van der Waals surface area contributed by atoms with Crippen LogP contribution in [0.25, 0.3) is 0 Å². The van der Waals surface area contributed by atoms with Crippen molar-refractivity contribution in [2.24, 2.45) is 5.92 Å². The molecule has 1 N–H and O–H groups in total. The van der Waals surface area contributed by atoms with E-state index in [9.17, 15) is 4.79 Å². The largest absolute Gasteiger partial charge is 0.489 e. The fourth-order valence-electron chi connectivity index (χ4n) is 3.61. The van der Waals surface area contributed by atoms with E-state index in [0.29, 0.717) is 47.8 Å². The number of likely N-dealkylation sites (tertiary alicyclic amines) is 1. The number of ether oxygens (including phenoxy) is 2. The Bertz CT molecular complexity index is 663. The fraction of sp³-hybridized carbons (Fsp3) is 0.650. The Morgan fingerprint density at radius 2 is 2.08 bits per heavy atom. The van der Waals surface area contributed by atoms with Crippen LogP contribution in [-0.4, -0.2) is 49.2 Å². The van der Waals surface area contributed by atoms with Gasteiger partial charge in [-0.25, -0.2) is 0 Å². The summed E-state index contributed by atoms with van der Waals surface area (Å²) < 4.78 is 11.3. The van der Waals surface area contributed by atoms with Crippen LogP contribution in [0.5, 0.6) is 11.5 Å². The molecule has 0 bridgehead atoms. The van der Waals surface area contributed by atoms with Crippen LogP contribution in [0, 0.1) is 5.92 Å². The van der Waals surface area contributed by atoms with Gasteiger partial charge in [-0.3, -0.25) is 9.69 Å². The number of carbonyl (C=O) groups is 1. The average Bonchev–Trinajstić information content (AvgIpc) is 2.85. The maximum Gasteiger partial charge on any atom is 0.251 e. The number of nitrogens with zero attached hydrogens (tertiary/aromatic N) is 1. The van der Waals surface area contributed by atoms with Crippen LogP contribution in [-0.2, 0) is 0 Å². The van der Waals surface area contributed by atoms with Crippen molar-refractivity contribution in [2.75, 3.05) is 32.8 Å². The molecule has 1 fully saturated rings. The molecular weight excluding hydrogens is 352 g/mol. The molecule has 2 heterocycles. The lowest BCUT2D eigenvalue weighted by Crippen LogP contribution is -2.54. The van der Waals surface area contributed by atoms with Gasteiger partial charge in [0.1, 0.15) is 0 Å². The molecule has 6 heteroatoms. The number of carbonyl (C=O) groups excluding carboxylic acids is 1. The van der Waals surface area contributed by atoms with Crippen molar-refractivity contribution < 1.29 is 14.3 Å². The van der Waals surface area contributed by atoms with E-state index in [1.165, 1.54) is 12.8 Å². The first-order valence-corrected chi connectivity index (χ1v) is 9.87. The Morgan fingerprint density at radius 1 is 1.31 bits per heavy atom. The van der Waals surface area contributed by atoms with Gasteiger partial charge in [-0.05, 0) is 51.3 Å². The topological polar surface area (TPSA) is 50.8 Å². The van der Waals surface area contributed by atoms with Crippen molar-refractivity contribution in [2.45, 2.75) is 45.6 Å². The number of hydrogen-bond acceptors (Lipinski definition) is 4. The van der Waals surface area contributed by atoms with E-state index in [4.69, 9.17) is 21.1 Å². The third kappa shape index (κ3) is 4.44. The molecule has 1 atom stereocenters. The van der Waals surface area contributed by atoms with Gasteiger partial charge in [-0.1, -0.05) is 18.5 Å². The molecule has 1 aromatic carbocycles. The smallest absolute Gasteiger partial charge is 0.251 e. The summed E-state index contributed by atoms with van der Waals surface area (Å²) >= 11 is 6.30. The monoisotopic (exact) mass is 380 g/mol. The minimum Gasteiger partial charge on any atom is -0.489 e. The van der Waals surface area contributed by atoms with Crippen molar-refractivity contribution >= 4 is 17.5 Å². The molecule has 5 nitrogen and oxygen atoms in total. The van der Waals surface area contributed by atoms with Crippen molar-refractivity contribution in [1.82, 2.24) is 10.2 Å². The van der Waals surface area contributed by atoms with E-state index in [2.05, 4.69) is 31.0 Å². The summed E-state index contributed by atoms with van der Waals surface area (Å²) in [5.41, 5.74) is 0.418. The van der Waals surface area contributed by atoms with Crippen molar-refractivity contribution in [3.8, 4) is 11.5 Å². The lowest BCUT2D eigenvalue weighted by molar-refractivity contribution is 0.0657. The number of halogens is 1. The summed E-state index contributed by atoms with van der Waals surface area (Å²) in [5.74, 6) is 1.65. The summed E-state index contributed by atoms with van der Waals surface area (Å²) in [6.07, 6.45) is 3.31. The van der Waals surface area contributed by atoms with Gasteiger partial charge >= 0.3 is 0 Å². The number of piperidine rings is 1. The summed E-state index contributed by atoms with van der Waals surface area (Å²) in [4.78, 5) is 15.2. The highest BCUT2D eigenvalue weighted by molar-refractivity contribution is 6.32. The van der Waals surface area contributed by atoms with Gasteiger partial charge in [0.25, 0.3) is 5.91 Å². The first-order valence-electron chi connectivity index (χ1n) is 9.49. The molecule has 3 rings (SSSR count). The van der Waals surface area contributed by atoms with Gasteiger partial charge in [0.2, 0.25) is 0 Å². The lowest BCUT2D eigenvalue weighted by Gasteiger charge is -2.43. The molecule has 0 radical (unpaired) electrons. The Hall–Kier alpha value is -1.46. The third-order valence-electron chi connectivity index (χ3n) is 5.26. The van der Waals surface area contributed by atoms with Crippen molar-refractivity contribution in [3.63, 3.8) is 0 Å². The van der Waals surface area contributed by atoms with E-state index in [-0.39, 0.29) is 11.4 Å². The molecule has 1 saturated heterocycles. The Kier molecular flexibility index (Phi) is 5.98. The van der Waals surface area contributed by atoms with E-state index < -0.39 is 0 Å². The van der Waals surface area contributed by atoms with Gasteiger partial charge < -0.3 is 14.8 Å². The minimum absolute atomic E-state index is 0.0839. The number of benzene rings is 1. The summed E-state index contributed by atoms with van der Waals surface area (Å²) in [6, 6.07) is 3.37. The fourth-order valence-corrected chi connectivity index (χ4v) is 3.88. The molecule has 0 spiro atoms.